The zero-order valence-electron chi connectivity index (χ0n) is 14.1. The predicted molar refractivity (Wildman–Crippen MR) is 117 cm³/mol. The van der Waals surface area contributed by atoms with E-state index in [4.69, 9.17) is 38.6 Å². The summed E-state index contributed by atoms with van der Waals surface area (Å²) in [6, 6.07) is 0. The normalized spacial score (nSPS) is 13.4. The van der Waals surface area contributed by atoms with Crippen LogP contribution >= 0.6 is 67.6 Å². The third kappa shape index (κ3) is 14.0. The molecule has 0 aromatic rings. The van der Waals surface area contributed by atoms with Crippen molar-refractivity contribution in [3.63, 3.8) is 0 Å². The van der Waals surface area contributed by atoms with Crippen LogP contribution in [0.2, 0.25) is 0 Å². The molecule has 0 fully saturated rings. The van der Waals surface area contributed by atoms with Gasteiger partial charge in [-0.15, -0.1) is 0 Å². The van der Waals surface area contributed by atoms with Gasteiger partial charge in [-0.05, 0) is 72.7 Å². The quantitative estimate of drug-likeness (QED) is 0.190. The Morgan fingerprint density at radius 3 is 1.48 bits per heavy atom. The third-order valence-electron chi connectivity index (χ3n) is 2.32. The number of thiocarbonyl (C=S) groups is 2. The summed E-state index contributed by atoms with van der Waals surface area (Å²) in [4.78, 5) is 0. The summed E-state index contributed by atoms with van der Waals surface area (Å²) in [5, 5.41) is 0. The Balaban J connectivity index is 4.38. The van der Waals surface area contributed by atoms with Gasteiger partial charge in [0.15, 0.2) is 0 Å². The van der Waals surface area contributed by atoms with Crippen molar-refractivity contribution in [1.29, 1.82) is 0 Å². The first kappa shape index (κ1) is 24.1. The second kappa shape index (κ2) is 16.6. The van der Waals surface area contributed by atoms with Crippen molar-refractivity contribution in [3.8, 4) is 0 Å². The minimum absolute atomic E-state index is 0.0914. The van der Waals surface area contributed by atoms with Gasteiger partial charge in [0.2, 0.25) is 8.77 Å². The van der Waals surface area contributed by atoms with Gasteiger partial charge in [-0.2, -0.15) is 0 Å². The molecule has 0 aliphatic rings. The van der Waals surface area contributed by atoms with Crippen LogP contribution < -0.4 is 0 Å². The largest absolute Gasteiger partial charge is 0.478 e. The first-order valence-corrected chi connectivity index (χ1v) is 13.0. The van der Waals surface area contributed by atoms with Gasteiger partial charge in [0.05, 0.1) is 13.2 Å². The van der Waals surface area contributed by atoms with Crippen LogP contribution in [0.4, 0.5) is 0 Å². The van der Waals surface area contributed by atoms with Crippen molar-refractivity contribution >= 4 is 76.4 Å². The minimum atomic E-state index is 0.0914. The van der Waals surface area contributed by atoms with Crippen molar-refractivity contribution in [2.24, 2.45) is 0 Å². The molecule has 0 amide bonds. The molecule has 0 aromatic carbocycles. The molecule has 0 bridgehead atoms. The molecule has 0 spiro atoms. The van der Waals surface area contributed by atoms with Crippen molar-refractivity contribution in [2.75, 3.05) is 13.2 Å². The maximum absolute atomic E-state index is 6.24. The third-order valence-corrected chi connectivity index (χ3v) is 8.29. The molecule has 0 radical (unpaired) electrons. The molecule has 0 aliphatic carbocycles. The van der Waals surface area contributed by atoms with Gasteiger partial charge >= 0.3 is 0 Å². The van der Waals surface area contributed by atoms with Crippen LogP contribution in [0.3, 0.4) is 0 Å². The van der Waals surface area contributed by atoms with E-state index in [1.54, 1.807) is 21.6 Å². The lowest BCUT2D eigenvalue weighted by Crippen LogP contribution is -2.16. The fourth-order valence-electron chi connectivity index (χ4n) is 1.39. The Morgan fingerprint density at radius 1 is 0.783 bits per heavy atom. The van der Waals surface area contributed by atoms with E-state index in [0.29, 0.717) is 22.0 Å². The van der Waals surface area contributed by atoms with E-state index < -0.39 is 0 Å². The molecule has 0 N–H and O–H groups in total. The zero-order chi connectivity index (χ0) is 17.5. The number of rotatable bonds is 12. The lowest BCUT2D eigenvalue weighted by atomic mass is 10.3. The molecule has 0 aromatic heterocycles. The molecule has 2 unspecified atom stereocenters. The fourth-order valence-corrected chi connectivity index (χ4v) is 6.38. The molecular weight excluding hydrogens is 409 g/mol. The Bertz CT molecular complexity index is 300. The molecule has 0 heterocycles. The van der Waals surface area contributed by atoms with E-state index >= 15 is 0 Å². The lowest BCUT2D eigenvalue weighted by molar-refractivity contribution is 0.0826. The van der Waals surface area contributed by atoms with E-state index in [0.717, 1.165) is 25.7 Å². The molecule has 0 rings (SSSR count). The highest BCUT2D eigenvalue weighted by atomic mass is 33.1. The van der Waals surface area contributed by atoms with Gasteiger partial charge in [-0.3, -0.25) is 0 Å². The Labute approximate surface area is 167 Å². The van der Waals surface area contributed by atoms with Gasteiger partial charge in [0, 0.05) is 0 Å². The van der Waals surface area contributed by atoms with Crippen molar-refractivity contribution < 1.29 is 14.2 Å². The van der Waals surface area contributed by atoms with E-state index in [1.807, 2.05) is 13.8 Å². The molecular formula is C14H26O3S6. The van der Waals surface area contributed by atoms with Crippen LogP contribution in [0.1, 0.15) is 53.4 Å². The van der Waals surface area contributed by atoms with Crippen molar-refractivity contribution in [1.82, 2.24) is 0 Å². The van der Waals surface area contributed by atoms with Crippen molar-refractivity contribution in [3.05, 3.63) is 0 Å². The summed E-state index contributed by atoms with van der Waals surface area (Å²) in [5.74, 6) is 0. The Kier molecular flexibility index (Phi) is 17.4. The van der Waals surface area contributed by atoms with Crippen molar-refractivity contribution in [2.45, 2.75) is 64.3 Å². The van der Waals surface area contributed by atoms with Crippen LogP contribution in [-0.2, 0) is 14.2 Å². The topological polar surface area (TPSA) is 27.7 Å². The van der Waals surface area contributed by atoms with Gasteiger partial charge < -0.3 is 14.2 Å². The molecule has 0 saturated heterocycles. The second-order valence-electron chi connectivity index (χ2n) is 4.30. The molecule has 2 atom stereocenters. The second-order valence-corrected chi connectivity index (χ2v) is 10.2. The molecule has 9 heteroatoms. The fraction of sp³-hybridized carbons (Fsp3) is 0.857. The number of hydrogen-bond acceptors (Lipinski definition) is 9. The summed E-state index contributed by atoms with van der Waals surface area (Å²) in [6.07, 6.45) is 4.09. The van der Waals surface area contributed by atoms with Gasteiger partial charge in [0.25, 0.3) is 0 Å². The zero-order valence-corrected chi connectivity index (χ0v) is 19.0. The lowest BCUT2D eigenvalue weighted by Gasteiger charge is -2.23. The van der Waals surface area contributed by atoms with Crippen LogP contribution in [0.25, 0.3) is 0 Å². The molecule has 136 valence electrons. The highest BCUT2D eigenvalue weighted by molar-refractivity contribution is 8.84. The Morgan fingerprint density at radius 2 is 1.17 bits per heavy atom. The average Bonchev–Trinajstić information content (AvgIpc) is 2.51. The molecule has 0 saturated carbocycles. The minimum Gasteiger partial charge on any atom is -0.478 e. The van der Waals surface area contributed by atoms with Gasteiger partial charge in [0.1, 0.15) is 10.9 Å². The van der Waals surface area contributed by atoms with Gasteiger partial charge in [-0.1, -0.05) is 48.3 Å². The smallest absolute Gasteiger partial charge is 0.230 e. The maximum Gasteiger partial charge on any atom is 0.230 e. The molecule has 23 heavy (non-hydrogen) atoms. The Hall–Kier alpha value is 1.14. The summed E-state index contributed by atoms with van der Waals surface area (Å²) >= 11 is 10.3. The summed E-state index contributed by atoms with van der Waals surface area (Å²) < 4.78 is 18.0. The average molecular weight is 435 g/mol. The number of ether oxygens (including phenoxy) is 3. The van der Waals surface area contributed by atoms with E-state index in [2.05, 4.69) is 13.8 Å². The van der Waals surface area contributed by atoms with Crippen LogP contribution in [0, 0.1) is 0 Å². The summed E-state index contributed by atoms with van der Waals surface area (Å²) in [7, 11) is 6.22. The first-order chi connectivity index (χ1) is 11.1. The SMILES string of the molecule is CCCC(OC(CCC)SSC(=S)OCC)SSC(=S)OCC. The van der Waals surface area contributed by atoms with Crippen LogP contribution in [-0.4, -0.2) is 32.9 Å². The standard InChI is InChI=1S/C14H26O3S6/c1-5-9-11(20-22-13(18)15-7-3)17-12(10-6-2)21-23-14(19)16-8-4/h11-12H,5-10H2,1-4H3. The summed E-state index contributed by atoms with van der Waals surface area (Å²) in [6.45, 7) is 9.39. The molecule has 3 nitrogen and oxygen atoms in total. The number of hydrogen-bond donors (Lipinski definition) is 0. The van der Waals surface area contributed by atoms with E-state index in [-0.39, 0.29) is 10.9 Å². The van der Waals surface area contributed by atoms with E-state index in [9.17, 15) is 0 Å². The highest BCUT2D eigenvalue weighted by Crippen LogP contribution is 2.38. The maximum atomic E-state index is 6.24. The van der Waals surface area contributed by atoms with Crippen LogP contribution in [0.15, 0.2) is 0 Å². The molecule has 0 aliphatic heterocycles. The highest BCUT2D eigenvalue weighted by Gasteiger charge is 2.19. The summed E-state index contributed by atoms with van der Waals surface area (Å²) in [5.41, 5.74) is 0.183. The predicted octanol–water partition coefficient (Wildman–Crippen LogP) is 6.66. The van der Waals surface area contributed by atoms with Gasteiger partial charge in [-0.25, -0.2) is 0 Å². The monoisotopic (exact) mass is 434 g/mol. The first-order valence-electron chi connectivity index (χ1n) is 7.72. The van der Waals surface area contributed by atoms with Crippen LogP contribution in [0.5, 0.6) is 0 Å². The van der Waals surface area contributed by atoms with E-state index in [1.165, 1.54) is 21.6 Å².